The highest BCUT2D eigenvalue weighted by Crippen LogP contribution is 2.18. The number of carbonyl (C=O) groups excluding carboxylic acids is 1. The second kappa shape index (κ2) is 10.7. The fourth-order valence-electron chi connectivity index (χ4n) is 2.66. The molecule has 0 radical (unpaired) electrons. The Kier molecular flexibility index (Phi) is 7.41. The number of rotatable bonds is 9. The molecule has 5 heteroatoms. The van der Waals surface area contributed by atoms with Gasteiger partial charge in [-0.2, -0.15) is 5.10 Å². The molecule has 148 valence electrons. The lowest BCUT2D eigenvalue weighted by Gasteiger charge is -2.09. The van der Waals surface area contributed by atoms with Gasteiger partial charge >= 0.3 is 0 Å². The maximum absolute atomic E-state index is 12.0. The molecular formula is C24H24N2O3. The smallest absolute Gasteiger partial charge is 0.277 e. The van der Waals surface area contributed by atoms with Crippen molar-refractivity contribution in [1.82, 2.24) is 5.43 Å². The van der Waals surface area contributed by atoms with Gasteiger partial charge in [-0.25, -0.2) is 5.43 Å². The standard InChI is InChI=1S/C24H24N2O3/c1-2-23(20-11-7-4-8-12-20)25-26-24(27)18-29-22-15-13-21(14-16-22)28-17-19-9-5-3-6-10-19/h3-16H,2,17-18H2,1H3,(H,26,27). The summed E-state index contributed by atoms with van der Waals surface area (Å²) >= 11 is 0. The lowest BCUT2D eigenvalue weighted by atomic mass is 10.1. The summed E-state index contributed by atoms with van der Waals surface area (Å²) < 4.78 is 11.3. The third-order valence-electron chi connectivity index (χ3n) is 4.20. The van der Waals surface area contributed by atoms with Crippen LogP contribution in [0.2, 0.25) is 0 Å². The molecular weight excluding hydrogens is 364 g/mol. The van der Waals surface area contributed by atoms with Crippen LogP contribution < -0.4 is 14.9 Å². The molecule has 0 heterocycles. The van der Waals surface area contributed by atoms with Gasteiger partial charge in [0, 0.05) is 0 Å². The Bertz CT molecular complexity index is 923. The van der Waals surface area contributed by atoms with Crippen molar-refractivity contribution in [2.75, 3.05) is 6.61 Å². The number of amides is 1. The van der Waals surface area contributed by atoms with Crippen LogP contribution in [0.15, 0.2) is 90.0 Å². The molecule has 0 aliphatic rings. The molecule has 1 amide bonds. The van der Waals surface area contributed by atoms with Crippen LogP contribution in [0.4, 0.5) is 0 Å². The summed E-state index contributed by atoms with van der Waals surface area (Å²) in [5.41, 5.74) is 5.46. The zero-order valence-corrected chi connectivity index (χ0v) is 16.4. The Labute approximate surface area is 171 Å². The van der Waals surface area contributed by atoms with E-state index >= 15 is 0 Å². The first-order valence-electron chi connectivity index (χ1n) is 9.55. The quantitative estimate of drug-likeness (QED) is 0.431. The molecule has 0 spiro atoms. The Morgan fingerprint density at radius 1 is 0.828 bits per heavy atom. The molecule has 0 atom stereocenters. The molecule has 1 N–H and O–H groups in total. The van der Waals surface area contributed by atoms with E-state index in [-0.39, 0.29) is 12.5 Å². The molecule has 0 bridgehead atoms. The third kappa shape index (κ3) is 6.50. The van der Waals surface area contributed by atoms with E-state index in [9.17, 15) is 4.79 Å². The number of nitrogens with zero attached hydrogens (tertiary/aromatic N) is 1. The van der Waals surface area contributed by atoms with Crippen molar-refractivity contribution in [2.24, 2.45) is 5.10 Å². The van der Waals surface area contributed by atoms with Crippen LogP contribution >= 0.6 is 0 Å². The minimum absolute atomic E-state index is 0.112. The van der Waals surface area contributed by atoms with Gasteiger partial charge in [0.05, 0.1) is 5.71 Å². The number of benzene rings is 3. The SMILES string of the molecule is CCC(=NNC(=O)COc1ccc(OCc2ccccc2)cc1)c1ccccc1. The van der Waals surface area contributed by atoms with Gasteiger partial charge in [-0.15, -0.1) is 0 Å². The van der Waals surface area contributed by atoms with Crippen LogP contribution in [0.3, 0.4) is 0 Å². The highest BCUT2D eigenvalue weighted by molar-refractivity contribution is 6.00. The van der Waals surface area contributed by atoms with Crippen molar-refractivity contribution >= 4 is 11.6 Å². The van der Waals surface area contributed by atoms with Gasteiger partial charge in [0.15, 0.2) is 6.61 Å². The zero-order valence-electron chi connectivity index (χ0n) is 16.4. The van der Waals surface area contributed by atoms with Gasteiger partial charge in [0.1, 0.15) is 18.1 Å². The largest absolute Gasteiger partial charge is 0.489 e. The third-order valence-corrected chi connectivity index (χ3v) is 4.20. The van der Waals surface area contributed by atoms with Crippen molar-refractivity contribution < 1.29 is 14.3 Å². The van der Waals surface area contributed by atoms with Gasteiger partial charge in [0.2, 0.25) is 0 Å². The monoisotopic (exact) mass is 388 g/mol. The lowest BCUT2D eigenvalue weighted by Crippen LogP contribution is -2.26. The molecule has 0 saturated carbocycles. The number of hydrazone groups is 1. The average Bonchev–Trinajstić information content (AvgIpc) is 2.79. The molecule has 0 unspecified atom stereocenters. The fraction of sp³-hybridized carbons (Fsp3) is 0.167. The van der Waals surface area contributed by atoms with E-state index in [1.54, 1.807) is 12.1 Å². The minimum atomic E-state index is -0.309. The number of hydrogen-bond acceptors (Lipinski definition) is 4. The van der Waals surface area contributed by atoms with Gasteiger partial charge in [-0.05, 0) is 41.8 Å². The van der Waals surface area contributed by atoms with Crippen molar-refractivity contribution in [3.8, 4) is 11.5 Å². The van der Waals surface area contributed by atoms with E-state index in [4.69, 9.17) is 9.47 Å². The van der Waals surface area contributed by atoms with Crippen LogP contribution in [0.5, 0.6) is 11.5 Å². The summed E-state index contributed by atoms with van der Waals surface area (Å²) in [6, 6.07) is 26.9. The molecule has 0 aliphatic carbocycles. The van der Waals surface area contributed by atoms with E-state index in [2.05, 4.69) is 10.5 Å². The lowest BCUT2D eigenvalue weighted by molar-refractivity contribution is -0.123. The molecule has 3 rings (SSSR count). The molecule has 0 aliphatic heterocycles. The molecule has 0 fully saturated rings. The molecule has 3 aromatic carbocycles. The molecule has 3 aromatic rings. The average molecular weight is 388 g/mol. The summed E-state index contributed by atoms with van der Waals surface area (Å²) in [4.78, 5) is 12.0. The van der Waals surface area contributed by atoms with Gasteiger partial charge < -0.3 is 9.47 Å². The topological polar surface area (TPSA) is 59.9 Å². The maximum atomic E-state index is 12.0. The van der Waals surface area contributed by atoms with Crippen LogP contribution in [-0.2, 0) is 11.4 Å². The van der Waals surface area contributed by atoms with Gasteiger partial charge in [-0.3, -0.25) is 4.79 Å². The number of ether oxygens (including phenoxy) is 2. The molecule has 29 heavy (non-hydrogen) atoms. The number of nitrogens with one attached hydrogen (secondary N) is 1. The number of hydrogen-bond donors (Lipinski definition) is 1. The van der Waals surface area contributed by atoms with Crippen LogP contribution in [0, 0.1) is 0 Å². The van der Waals surface area contributed by atoms with Crippen LogP contribution in [0.1, 0.15) is 24.5 Å². The molecule has 0 aromatic heterocycles. The maximum Gasteiger partial charge on any atom is 0.277 e. The second-order valence-corrected chi connectivity index (χ2v) is 6.35. The summed E-state index contributed by atoms with van der Waals surface area (Å²) in [6.45, 7) is 2.39. The first kappa shape index (κ1) is 20.1. The van der Waals surface area contributed by atoms with E-state index in [0.717, 1.165) is 29.0 Å². The Morgan fingerprint density at radius 3 is 2.03 bits per heavy atom. The van der Waals surface area contributed by atoms with Crippen molar-refractivity contribution in [2.45, 2.75) is 20.0 Å². The van der Waals surface area contributed by atoms with Gasteiger partial charge in [0.25, 0.3) is 5.91 Å². The first-order valence-corrected chi connectivity index (χ1v) is 9.55. The van der Waals surface area contributed by atoms with E-state index in [1.807, 2.05) is 79.7 Å². The summed E-state index contributed by atoms with van der Waals surface area (Å²) in [7, 11) is 0. The normalized spacial score (nSPS) is 11.0. The van der Waals surface area contributed by atoms with Gasteiger partial charge in [-0.1, -0.05) is 67.6 Å². The van der Waals surface area contributed by atoms with Crippen LogP contribution in [-0.4, -0.2) is 18.2 Å². The highest BCUT2D eigenvalue weighted by Gasteiger charge is 2.05. The Hall–Kier alpha value is -3.60. The minimum Gasteiger partial charge on any atom is -0.489 e. The summed E-state index contributed by atoms with van der Waals surface area (Å²) in [6.07, 6.45) is 0.718. The van der Waals surface area contributed by atoms with Crippen LogP contribution in [0.25, 0.3) is 0 Å². The zero-order chi connectivity index (χ0) is 20.3. The van der Waals surface area contributed by atoms with E-state index in [1.165, 1.54) is 0 Å². The first-order chi connectivity index (χ1) is 14.2. The molecule has 0 saturated heterocycles. The predicted molar refractivity (Wildman–Crippen MR) is 114 cm³/mol. The Morgan fingerprint density at radius 2 is 1.41 bits per heavy atom. The van der Waals surface area contributed by atoms with E-state index in [0.29, 0.717) is 12.4 Å². The highest BCUT2D eigenvalue weighted by atomic mass is 16.5. The second-order valence-electron chi connectivity index (χ2n) is 6.35. The molecule has 5 nitrogen and oxygen atoms in total. The van der Waals surface area contributed by atoms with Crippen molar-refractivity contribution in [3.63, 3.8) is 0 Å². The fourth-order valence-corrected chi connectivity index (χ4v) is 2.66. The predicted octanol–water partition coefficient (Wildman–Crippen LogP) is 4.57. The summed E-state index contributed by atoms with van der Waals surface area (Å²) in [5.74, 6) is 1.02. The number of carbonyl (C=O) groups is 1. The van der Waals surface area contributed by atoms with E-state index < -0.39 is 0 Å². The van der Waals surface area contributed by atoms with Crippen molar-refractivity contribution in [3.05, 3.63) is 96.1 Å². The van der Waals surface area contributed by atoms with Crippen molar-refractivity contribution in [1.29, 1.82) is 0 Å². The summed E-state index contributed by atoms with van der Waals surface area (Å²) in [5, 5.41) is 4.21. The Balaban J connectivity index is 1.45.